The molecule has 8 heteroatoms. The summed E-state index contributed by atoms with van der Waals surface area (Å²) in [4.78, 5) is 14.5. The van der Waals surface area contributed by atoms with E-state index in [-0.39, 0.29) is 18.7 Å². The molecule has 2 aliphatic heterocycles. The van der Waals surface area contributed by atoms with Gasteiger partial charge in [0, 0.05) is 13.1 Å². The van der Waals surface area contributed by atoms with Gasteiger partial charge in [0.05, 0.1) is 18.7 Å². The number of ether oxygens (including phenoxy) is 2. The van der Waals surface area contributed by atoms with Crippen molar-refractivity contribution in [1.29, 1.82) is 0 Å². The summed E-state index contributed by atoms with van der Waals surface area (Å²) in [5.74, 6) is 1.54. The van der Waals surface area contributed by atoms with E-state index in [0.29, 0.717) is 31.0 Å². The van der Waals surface area contributed by atoms with Crippen molar-refractivity contribution in [3.05, 3.63) is 35.7 Å². The van der Waals surface area contributed by atoms with Crippen LogP contribution in [-0.2, 0) is 16.8 Å². The zero-order valence-electron chi connectivity index (χ0n) is 15.6. The number of likely N-dealkylation sites (tertiary alicyclic amines) is 1. The molecule has 1 N–H and O–H groups in total. The molecule has 2 aromatic rings. The molecule has 0 atom stereocenters. The van der Waals surface area contributed by atoms with E-state index in [1.165, 1.54) is 0 Å². The molecule has 0 saturated carbocycles. The number of benzene rings is 1. The lowest BCUT2D eigenvalue weighted by Gasteiger charge is -2.32. The first-order valence-electron chi connectivity index (χ1n) is 9.21. The Morgan fingerprint density at radius 2 is 2.00 bits per heavy atom. The van der Waals surface area contributed by atoms with Crippen molar-refractivity contribution in [2.75, 3.05) is 19.9 Å². The molecule has 0 radical (unpaired) electrons. The quantitative estimate of drug-likeness (QED) is 0.878. The number of nitrogens with zero attached hydrogens (tertiary/aromatic N) is 4. The highest BCUT2D eigenvalue weighted by molar-refractivity contribution is 5.79. The Hall–Kier alpha value is -2.61. The Morgan fingerprint density at radius 3 is 2.70 bits per heavy atom. The first kappa shape index (κ1) is 17.8. The molecule has 144 valence electrons. The van der Waals surface area contributed by atoms with Gasteiger partial charge in [-0.25, -0.2) is 4.68 Å². The monoisotopic (exact) mass is 372 g/mol. The molecular formula is C19H24N4O4. The minimum absolute atomic E-state index is 0.114. The number of piperidine rings is 1. The topological polar surface area (TPSA) is 89.7 Å². The van der Waals surface area contributed by atoms with Crippen LogP contribution in [0.4, 0.5) is 0 Å². The summed E-state index contributed by atoms with van der Waals surface area (Å²) in [6.45, 7) is 4.99. The Bertz CT molecular complexity index is 834. The van der Waals surface area contributed by atoms with Crippen LogP contribution < -0.4 is 9.47 Å². The number of aromatic nitrogens is 3. The van der Waals surface area contributed by atoms with Gasteiger partial charge in [-0.1, -0.05) is 11.3 Å². The van der Waals surface area contributed by atoms with Gasteiger partial charge in [-0.3, -0.25) is 4.79 Å². The van der Waals surface area contributed by atoms with Gasteiger partial charge in [-0.2, -0.15) is 0 Å². The largest absolute Gasteiger partial charge is 0.454 e. The number of rotatable bonds is 4. The van der Waals surface area contributed by atoms with E-state index in [1.54, 1.807) is 20.0 Å². The van der Waals surface area contributed by atoms with Crippen LogP contribution in [0.3, 0.4) is 0 Å². The maximum atomic E-state index is 12.6. The average molecular weight is 372 g/mol. The van der Waals surface area contributed by atoms with Crippen LogP contribution in [0, 0.1) is 0 Å². The molecular weight excluding hydrogens is 348 g/mol. The number of carbonyl (C=O) groups is 1. The molecule has 0 spiro atoms. The number of amides is 1. The van der Waals surface area contributed by atoms with Crippen molar-refractivity contribution >= 4 is 5.91 Å². The fourth-order valence-electron chi connectivity index (χ4n) is 3.45. The van der Waals surface area contributed by atoms with Gasteiger partial charge < -0.3 is 19.5 Å². The molecule has 0 unspecified atom stereocenters. The minimum atomic E-state index is -1.00. The number of aliphatic hydroxyl groups is 1. The van der Waals surface area contributed by atoms with E-state index in [1.807, 2.05) is 27.8 Å². The van der Waals surface area contributed by atoms with Crippen LogP contribution in [-0.4, -0.2) is 50.8 Å². The van der Waals surface area contributed by atoms with Gasteiger partial charge in [0.25, 0.3) is 0 Å². The summed E-state index contributed by atoms with van der Waals surface area (Å²) in [6.07, 6.45) is 3.80. The summed E-state index contributed by atoms with van der Waals surface area (Å²) < 4.78 is 12.5. The van der Waals surface area contributed by atoms with Crippen LogP contribution >= 0.6 is 0 Å². The van der Waals surface area contributed by atoms with Crippen molar-refractivity contribution in [3.63, 3.8) is 0 Å². The molecule has 4 rings (SSSR count). The second kappa shape index (κ2) is 6.84. The standard InChI is InChI=1S/C19H24N4O4/c1-19(2,25)17-11-23(21-20-17)14-5-7-22(8-6-14)18(24)10-13-3-4-15-16(9-13)27-12-26-15/h3-4,9,11,14,25H,5-8,10,12H2,1-2H3. The molecule has 0 bridgehead atoms. The molecule has 27 heavy (non-hydrogen) atoms. The number of carbonyl (C=O) groups excluding carboxylic acids is 1. The Morgan fingerprint density at radius 1 is 1.26 bits per heavy atom. The maximum Gasteiger partial charge on any atom is 0.231 e. The van der Waals surface area contributed by atoms with Gasteiger partial charge in [0.2, 0.25) is 12.7 Å². The van der Waals surface area contributed by atoms with Gasteiger partial charge in [0.15, 0.2) is 11.5 Å². The summed E-state index contributed by atoms with van der Waals surface area (Å²) in [7, 11) is 0. The van der Waals surface area contributed by atoms with E-state index in [0.717, 1.165) is 24.2 Å². The zero-order chi connectivity index (χ0) is 19.0. The highest BCUT2D eigenvalue weighted by Crippen LogP contribution is 2.33. The van der Waals surface area contributed by atoms with Gasteiger partial charge in [0.1, 0.15) is 11.3 Å². The molecule has 3 heterocycles. The molecule has 0 aliphatic carbocycles. The smallest absolute Gasteiger partial charge is 0.231 e. The third-order valence-electron chi connectivity index (χ3n) is 5.12. The number of fused-ring (bicyclic) bond motifs is 1. The predicted octanol–water partition coefficient (Wildman–Crippen LogP) is 1.64. The van der Waals surface area contributed by atoms with E-state index in [4.69, 9.17) is 9.47 Å². The van der Waals surface area contributed by atoms with Gasteiger partial charge >= 0.3 is 0 Å². The van der Waals surface area contributed by atoms with Crippen molar-refractivity contribution in [1.82, 2.24) is 19.9 Å². The molecule has 2 aliphatic rings. The normalized spacial score (nSPS) is 17.4. The molecule has 1 saturated heterocycles. The van der Waals surface area contributed by atoms with Crippen LogP contribution in [0.5, 0.6) is 11.5 Å². The highest BCUT2D eigenvalue weighted by atomic mass is 16.7. The summed E-state index contributed by atoms with van der Waals surface area (Å²) in [5.41, 5.74) is 0.487. The van der Waals surface area contributed by atoms with E-state index in [9.17, 15) is 9.90 Å². The fraction of sp³-hybridized carbons (Fsp3) is 0.526. The van der Waals surface area contributed by atoms with Crippen LogP contribution in [0.15, 0.2) is 24.4 Å². The Balaban J connectivity index is 1.33. The predicted molar refractivity (Wildman–Crippen MR) is 96.4 cm³/mol. The van der Waals surface area contributed by atoms with Crippen molar-refractivity contribution in [3.8, 4) is 11.5 Å². The number of hydrogen-bond acceptors (Lipinski definition) is 6. The van der Waals surface area contributed by atoms with E-state index < -0.39 is 5.60 Å². The Kier molecular flexibility index (Phi) is 4.51. The van der Waals surface area contributed by atoms with Crippen molar-refractivity contribution in [2.45, 2.75) is 44.8 Å². The second-order valence-electron chi connectivity index (χ2n) is 7.62. The van der Waals surface area contributed by atoms with E-state index in [2.05, 4.69) is 10.3 Å². The first-order valence-corrected chi connectivity index (χ1v) is 9.21. The lowest BCUT2D eigenvalue weighted by molar-refractivity contribution is -0.131. The van der Waals surface area contributed by atoms with Crippen LogP contribution in [0.25, 0.3) is 0 Å². The maximum absolute atomic E-state index is 12.6. The van der Waals surface area contributed by atoms with Crippen LogP contribution in [0.1, 0.15) is 44.0 Å². The van der Waals surface area contributed by atoms with Crippen LogP contribution in [0.2, 0.25) is 0 Å². The Labute approximate surface area is 157 Å². The molecule has 8 nitrogen and oxygen atoms in total. The van der Waals surface area contributed by atoms with Gasteiger partial charge in [-0.05, 0) is 44.4 Å². The summed E-state index contributed by atoms with van der Waals surface area (Å²) >= 11 is 0. The molecule has 1 aromatic carbocycles. The van der Waals surface area contributed by atoms with Gasteiger partial charge in [-0.15, -0.1) is 5.10 Å². The van der Waals surface area contributed by atoms with Crippen molar-refractivity contribution in [2.24, 2.45) is 0 Å². The lowest BCUT2D eigenvalue weighted by Crippen LogP contribution is -2.40. The third-order valence-corrected chi connectivity index (χ3v) is 5.12. The highest BCUT2D eigenvalue weighted by Gasteiger charge is 2.27. The SMILES string of the molecule is CC(C)(O)c1cn(C2CCN(C(=O)Cc3ccc4c(c3)OCO4)CC2)nn1. The third kappa shape index (κ3) is 3.75. The molecule has 1 amide bonds. The summed E-state index contributed by atoms with van der Waals surface area (Å²) in [6, 6.07) is 5.83. The average Bonchev–Trinajstić information content (AvgIpc) is 3.30. The second-order valence-corrected chi connectivity index (χ2v) is 7.62. The first-order chi connectivity index (χ1) is 12.9. The lowest BCUT2D eigenvalue weighted by atomic mass is 10.0. The molecule has 1 fully saturated rings. The van der Waals surface area contributed by atoms with E-state index >= 15 is 0 Å². The fourth-order valence-corrected chi connectivity index (χ4v) is 3.45. The zero-order valence-corrected chi connectivity index (χ0v) is 15.6. The van der Waals surface area contributed by atoms with Crippen molar-refractivity contribution < 1.29 is 19.4 Å². The molecule has 1 aromatic heterocycles. The summed E-state index contributed by atoms with van der Waals surface area (Å²) in [5, 5.41) is 18.2. The minimum Gasteiger partial charge on any atom is -0.454 e. The number of hydrogen-bond donors (Lipinski definition) is 1.